The average Bonchev–Trinajstić information content (AvgIpc) is 2.28. The summed E-state index contributed by atoms with van der Waals surface area (Å²) in [7, 11) is 0. The van der Waals surface area contributed by atoms with Gasteiger partial charge in [-0.3, -0.25) is 9.59 Å². The third-order valence-corrected chi connectivity index (χ3v) is 2.11. The van der Waals surface area contributed by atoms with Gasteiger partial charge < -0.3 is 9.84 Å². The maximum atomic E-state index is 13.0. The fraction of sp³-hybridized carbons (Fsp3) is 0.333. The van der Waals surface area contributed by atoms with Crippen molar-refractivity contribution in [1.29, 1.82) is 0 Å². The first-order valence-corrected chi connectivity index (χ1v) is 5.22. The second kappa shape index (κ2) is 5.98. The van der Waals surface area contributed by atoms with Crippen molar-refractivity contribution in [3.63, 3.8) is 0 Å². The van der Waals surface area contributed by atoms with Crippen molar-refractivity contribution in [3.8, 4) is 5.75 Å². The van der Waals surface area contributed by atoms with Gasteiger partial charge in [0.1, 0.15) is 11.6 Å². The molecular weight excluding hydrogens is 227 g/mol. The van der Waals surface area contributed by atoms with Crippen LogP contribution in [0, 0.1) is 5.82 Å². The summed E-state index contributed by atoms with van der Waals surface area (Å²) in [4.78, 5) is 22.0. The SMILES string of the molecule is CCOc1ccc(F)cc1C(=O)CCC(=O)O. The third kappa shape index (κ3) is 3.86. The van der Waals surface area contributed by atoms with Gasteiger partial charge in [0.2, 0.25) is 0 Å². The molecule has 17 heavy (non-hydrogen) atoms. The second-order valence-corrected chi connectivity index (χ2v) is 3.39. The Labute approximate surface area is 98.0 Å². The number of ketones is 1. The maximum Gasteiger partial charge on any atom is 0.303 e. The predicted octanol–water partition coefficient (Wildman–Crippen LogP) is 2.27. The van der Waals surface area contributed by atoms with Crippen LogP contribution < -0.4 is 4.74 Å². The zero-order chi connectivity index (χ0) is 12.8. The number of hydrogen-bond acceptors (Lipinski definition) is 3. The summed E-state index contributed by atoms with van der Waals surface area (Å²) in [6.45, 7) is 2.10. The minimum Gasteiger partial charge on any atom is -0.493 e. The van der Waals surface area contributed by atoms with Crippen molar-refractivity contribution < 1.29 is 23.8 Å². The lowest BCUT2D eigenvalue weighted by Crippen LogP contribution is -2.07. The van der Waals surface area contributed by atoms with E-state index in [-0.39, 0.29) is 24.2 Å². The average molecular weight is 240 g/mol. The lowest BCUT2D eigenvalue weighted by molar-refractivity contribution is -0.136. The fourth-order valence-electron chi connectivity index (χ4n) is 1.36. The van der Waals surface area contributed by atoms with Crippen LogP contribution in [0.5, 0.6) is 5.75 Å². The Kier molecular flexibility index (Phi) is 4.63. The van der Waals surface area contributed by atoms with Crippen molar-refractivity contribution in [2.45, 2.75) is 19.8 Å². The summed E-state index contributed by atoms with van der Waals surface area (Å²) in [5, 5.41) is 8.48. The molecule has 0 unspecified atom stereocenters. The Hall–Kier alpha value is -1.91. The summed E-state index contributed by atoms with van der Waals surface area (Å²) in [5.41, 5.74) is 0.0908. The summed E-state index contributed by atoms with van der Waals surface area (Å²) in [5.74, 6) is -1.76. The van der Waals surface area contributed by atoms with E-state index in [1.807, 2.05) is 0 Å². The van der Waals surface area contributed by atoms with Crippen molar-refractivity contribution in [3.05, 3.63) is 29.6 Å². The molecule has 1 N–H and O–H groups in total. The van der Waals surface area contributed by atoms with Crippen LogP contribution in [0.1, 0.15) is 30.1 Å². The van der Waals surface area contributed by atoms with Crippen LogP contribution in [-0.2, 0) is 4.79 Å². The van der Waals surface area contributed by atoms with Crippen LogP contribution in [0.4, 0.5) is 4.39 Å². The minimum atomic E-state index is -1.06. The Bertz CT molecular complexity index is 429. The molecule has 0 aliphatic rings. The number of carbonyl (C=O) groups is 2. The molecule has 5 heteroatoms. The van der Waals surface area contributed by atoms with Crippen LogP contribution in [0.25, 0.3) is 0 Å². The monoisotopic (exact) mass is 240 g/mol. The van der Waals surface area contributed by atoms with Crippen molar-refractivity contribution in [2.24, 2.45) is 0 Å². The number of halogens is 1. The number of carboxylic acid groups (broad SMARTS) is 1. The molecule has 0 aliphatic heterocycles. The molecule has 0 saturated carbocycles. The van der Waals surface area contributed by atoms with Crippen LogP contribution in [0.15, 0.2) is 18.2 Å². The topological polar surface area (TPSA) is 63.6 Å². The summed E-state index contributed by atoms with van der Waals surface area (Å²) in [6, 6.07) is 3.63. The van der Waals surface area contributed by atoms with E-state index < -0.39 is 17.6 Å². The van der Waals surface area contributed by atoms with Gasteiger partial charge in [-0.1, -0.05) is 0 Å². The Balaban J connectivity index is 2.89. The van der Waals surface area contributed by atoms with Crippen LogP contribution in [0.2, 0.25) is 0 Å². The van der Waals surface area contributed by atoms with Gasteiger partial charge in [0.25, 0.3) is 0 Å². The molecular formula is C12H13FO4. The van der Waals surface area contributed by atoms with Gasteiger partial charge >= 0.3 is 5.97 Å². The molecule has 4 nitrogen and oxygen atoms in total. The highest BCUT2D eigenvalue weighted by atomic mass is 19.1. The number of aliphatic carboxylic acids is 1. The highest BCUT2D eigenvalue weighted by Crippen LogP contribution is 2.21. The van der Waals surface area contributed by atoms with E-state index in [2.05, 4.69) is 0 Å². The van der Waals surface area contributed by atoms with E-state index >= 15 is 0 Å². The van der Waals surface area contributed by atoms with E-state index in [4.69, 9.17) is 9.84 Å². The van der Waals surface area contributed by atoms with Gasteiger partial charge in [0, 0.05) is 6.42 Å². The highest BCUT2D eigenvalue weighted by Gasteiger charge is 2.14. The number of ether oxygens (including phenoxy) is 1. The zero-order valence-electron chi connectivity index (χ0n) is 9.40. The molecule has 0 spiro atoms. The Morgan fingerprint density at radius 1 is 1.35 bits per heavy atom. The summed E-state index contributed by atoms with van der Waals surface area (Å²) < 4.78 is 18.2. The second-order valence-electron chi connectivity index (χ2n) is 3.39. The highest BCUT2D eigenvalue weighted by molar-refractivity contribution is 5.99. The van der Waals surface area contributed by atoms with Gasteiger partial charge in [-0.05, 0) is 25.1 Å². The molecule has 0 saturated heterocycles. The first kappa shape index (κ1) is 13.2. The van der Waals surface area contributed by atoms with Crippen LogP contribution >= 0.6 is 0 Å². The molecule has 1 aromatic carbocycles. The van der Waals surface area contributed by atoms with Gasteiger partial charge in [0.05, 0.1) is 18.6 Å². The number of carboxylic acids is 1. The first-order valence-electron chi connectivity index (χ1n) is 5.22. The largest absolute Gasteiger partial charge is 0.493 e. The van der Waals surface area contributed by atoms with Crippen LogP contribution in [-0.4, -0.2) is 23.5 Å². The lowest BCUT2D eigenvalue weighted by atomic mass is 10.1. The molecule has 1 aromatic rings. The normalized spacial score (nSPS) is 10.0. The molecule has 0 atom stereocenters. The molecule has 92 valence electrons. The third-order valence-electron chi connectivity index (χ3n) is 2.11. The van der Waals surface area contributed by atoms with Crippen molar-refractivity contribution >= 4 is 11.8 Å². The number of carbonyl (C=O) groups excluding carboxylic acids is 1. The Morgan fingerprint density at radius 3 is 2.65 bits per heavy atom. The predicted molar refractivity (Wildman–Crippen MR) is 58.8 cm³/mol. The molecule has 0 heterocycles. The maximum absolute atomic E-state index is 13.0. The molecule has 0 aliphatic carbocycles. The summed E-state index contributed by atoms with van der Waals surface area (Å²) in [6.07, 6.45) is -0.445. The molecule has 0 fully saturated rings. The van der Waals surface area contributed by atoms with E-state index in [1.54, 1.807) is 6.92 Å². The standard InChI is InChI=1S/C12H13FO4/c1-2-17-11-5-3-8(13)7-9(11)10(14)4-6-12(15)16/h3,5,7H,2,4,6H2,1H3,(H,15,16). The molecule has 0 aromatic heterocycles. The molecule has 1 rings (SSSR count). The number of hydrogen-bond donors (Lipinski definition) is 1. The van der Waals surface area contributed by atoms with Gasteiger partial charge in [0.15, 0.2) is 5.78 Å². The van der Waals surface area contributed by atoms with E-state index in [0.29, 0.717) is 6.61 Å². The Morgan fingerprint density at radius 2 is 2.06 bits per heavy atom. The minimum absolute atomic E-state index is 0.0908. The van der Waals surface area contributed by atoms with Gasteiger partial charge in [-0.2, -0.15) is 0 Å². The van der Waals surface area contributed by atoms with E-state index in [9.17, 15) is 14.0 Å². The van der Waals surface area contributed by atoms with E-state index in [1.165, 1.54) is 12.1 Å². The molecule has 0 bridgehead atoms. The van der Waals surface area contributed by atoms with E-state index in [0.717, 1.165) is 6.07 Å². The van der Waals surface area contributed by atoms with Crippen LogP contribution in [0.3, 0.4) is 0 Å². The quantitative estimate of drug-likeness (QED) is 0.775. The molecule has 0 amide bonds. The summed E-state index contributed by atoms with van der Waals surface area (Å²) >= 11 is 0. The lowest BCUT2D eigenvalue weighted by Gasteiger charge is -2.08. The molecule has 0 radical (unpaired) electrons. The van der Waals surface area contributed by atoms with Crippen molar-refractivity contribution in [2.75, 3.05) is 6.61 Å². The number of benzene rings is 1. The van der Waals surface area contributed by atoms with Gasteiger partial charge in [-0.25, -0.2) is 4.39 Å². The smallest absolute Gasteiger partial charge is 0.303 e. The van der Waals surface area contributed by atoms with Crippen molar-refractivity contribution in [1.82, 2.24) is 0 Å². The van der Waals surface area contributed by atoms with Gasteiger partial charge in [-0.15, -0.1) is 0 Å². The number of Topliss-reactive ketones (excluding diaryl/α,β-unsaturated/α-hetero) is 1. The first-order chi connectivity index (χ1) is 8.04. The zero-order valence-corrected chi connectivity index (χ0v) is 9.40. The fourth-order valence-corrected chi connectivity index (χ4v) is 1.36. The number of rotatable bonds is 6.